The molecule has 7 nitrogen and oxygen atoms in total. The van der Waals surface area contributed by atoms with E-state index >= 15 is 0 Å². The van der Waals surface area contributed by atoms with Crippen LogP contribution in [0.5, 0.6) is 0 Å². The first-order valence-corrected chi connectivity index (χ1v) is 6.56. The summed E-state index contributed by atoms with van der Waals surface area (Å²) in [7, 11) is 1.62. The summed E-state index contributed by atoms with van der Waals surface area (Å²) in [5.41, 5.74) is 5.94. The van der Waals surface area contributed by atoms with Crippen LogP contribution in [0, 0.1) is 0 Å². The van der Waals surface area contributed by atoms with Gasteiger partial charge in [-0.1, -0.05) is 5.16 Å². The van der Waals surface area contributed by atoms with E-state index in [1.54, 1.807) is 7.11 Å². The van der Waals surface area contributed by atoms with Crippen molar-refractivity contribution in [3.63, 3.8) is 0 Å². The molecule has 1 saturated carbocycles. The van der Waals surface area contributed by atoms with Crippen molar-refractivity contribution >= 4 is 0 Å². The van der Waals surface area contributed by atoms with Crippen LogP contribution >= 0.6 is 0 Å². The van der Waals surface area contributed by atoms with Gasteiger partial charge in [-0.15, -0.1) is 0 Å². The number of hydrogen-bond donors (Lipinski definition) is 1. The zero-order valence-electron chi connectivity index (χ0n) is 11.2. The third-order valence-corrected chi connectivity index (χ3v) is 3.04. The Bertz CT molecular complexity index is 368. The maximum absolute atomic E-state index is 5.94. The third kappa shape index (κ3) is 4.54. The number of methoxy groups -OCH3 is 1. The standard InChI is InChI=1S/C12H21N3O4/c1-16-5-6-17-8-11-14-12(15-19-11)10(13)7-18-9-3-2-4-9/h9-10H,2-8,13H2,1H3. The number of rotatable bonds is 9. The van der Waals surface area contributed by atoms with Gasteiger partial charge in [0.05, 0.1) is 32.0 Å². The molecule has 0 spiro atoms. The molecule has 1 unspecified atom stereocenters. The predicted octanol–water partition coefficient (Wildman–Crippen LogP) is 0.801. The normalized spacial score (nSPS) is 17.4. The summed E-state index contributed by atoms with van der Waals surface area (Å²) in [4.78, 5) is 4.18. The second-order valence-corrected chi connectivity index (χ2v) is 4.58. The second-order valence-electron chi connectivity index (χ2n) is 4.58. The average Bonchev–Trinajstić information content (AvgIpc) is 2.81. The molecule has 7 heteroatoms. The topological polar surface area (TPSA) is 92.6 Å². The number of nitrogens with two attached hydrogens (primary N) is 1. The van der Waals surface area contributed by atoms with Crippen molar-refractivity contribution in [3.8, 4) is 0 Å². The van der Waals surface area contributed by atoms with E-state index in [4.69, 9.17) is 24.5 Å². The van der Waals surface area contributed by atoms with Gasteiger partial charge in [0, 0.05) is 7.11 Å². The van der Waals surface area contributed by atoms with Crippen molar-refractivity contribution < 1.29 is 18.7 Å². The fourth-order valence-electron chi connectivity index (χ4n) is 1.63. The number of nitrogens with zero attached hydrogens (tertiary/aromatic N) is 2. The Labute approximate surface area is 112 Å². The molecule has 0 amide bonds. The molecule has 0 aliphatic heterocycles. The highest BCUT2D eigenvalue weighted by atomic mass is 16.5. The monoisotopic (exact) mass is 271 g/mol. The maximum atomic E-state index is 5.94. The average molecular weight is 271 g/mol. The lowest BCUT2D eigenvalue weighted by Gasteiger charge is -2.26. The van der Waals surface area contributed by atoms with Crippen LogP contribution in [0.15, 0.2) is 4.52 Å². The van der Waals surface area contributed by atoms with Crippen LogP contribution in [-0.4, -0.2) is 43.2 Å². The van der Waals surface area contributed by atoms with Gasteiger partial charge >= 0.3 is 0 Å². The van der Waals surface area contributed by atoms with Crippen LogP contribution < -0.4 is 5.73 Å². The highest BCUT2D eigenvalue weighted by Gasteiger charge is 2.21. The lowest BCUT2D eigenvalue weighted by atomic mass is 9.96. The van der Waals surface area contributed by atoms with Crippen molar-refractivity contribution in [2.75, 3.05) is 26.9 Å². The maximum Gasteiger partial charge on any atom is 0.252 e. The molecule has 0 radical (unpaired) electrons. The van der Waals surface area contributed by atoms with Crippen LogP contribution in [0.3, 0.4) is 0 Å². The molecule has 0 bridgehead atoms. The van der Waals surface area contributed by atoms with E-state index in [0.717, 1.165) is 12.8 Å². The van der Waals surface area contributed by atoms with Crippen molar-refractivity contribution in [1.29, 1.82) is 0 Å². The number of hydrogen-bond acceptors (Lipinski definition) is 7. The second kappa shape index (κ2) is 7.54. The molecule has 0 aromatic carbocycles. The highest BCUT2D eigenvalue weighted by molar-refractivity contribution is 4.92. The first kappa shape index (κ1) is 14.4. The zero-order valence-corrected chi connectivity index (χ0v) is 11.2. The molecule has 1 aliphatic rings. The quantitative estimate of drug-likeness (QED) is 0.664. The number of aromatic nitrogens is 2. The molecular formula is C12H21N3O4. The van der Waals surface area contributed by atoms with Gasteiger partial charge in [-0.25, -0.2) is 0 Å². The Morgan fingerprint density at radius 3 is 2.95 bits per heavy atom. The predicted molar refractivity (Wildman–Crippen MR) is 66.3 cm³/mol. The van der Waals surface area contributed by atoms with E-state index in [9.17, 15) is 0 Å². The van der Waals surface area contributed by atoms with Gasteiger partial charge in [-0.05, 0) is 19.3 Å². The first-order chi connectivity index (χ1) is 9.29. The fourth-order valence-corrected chi connectivity index (χ4v) is 1.63. The Hall–Kier alpha value is -1.02. The molecule has 1 aromatic heterocycles. The molecule has 1 atom stereocenters. The van der Waals surface area contributed by atoms with Gasteiger partial charge in [-0.2, -0.15) is 4.98 Å². The fraction of sp³-hybridized carbons (Fsp3) is 0.833. The summed E-state index contributed by atoms with van der Waals surface area (Å²) in [6.07, 6.45) is 3.84. The van der Waals surface area contributed by atoms with E-state index in [0.29, 0.717) is 37.6 Å². The van der Waals surface area contributed by atoms with Crippen LogP contribution in [0.1, 0.15) is 37.0 Å². The smallest absolute Gasteiger partial charge is 0.252 e. The molecule has 2 rings (SSSR count). The largest absolute Gasteiger partial charge is 0.382 e. The SMILES string of the molecule is COCCOCc1nc(C(N)COC2CCC2)no1. The lowest BCUT2D eigenvalue weighted by molar-refractivity contribution is -0.00549. The summed E-state index contributed by atoms with van der Waals surface area (Å²) in [6, 6.07) is -0.350. The van der Waals surface area contributed by atoms with Gasteiger partial charge in [0.25, 0.3) is 5.89 Å². The van der Waals surface area contributed by atoms with E-state index in [-0.39, 0.29) is 12.6 Å². The Morgan fingerprint density at radius 2 is 2.26 bits per heavy atom. The minimum atomic E-state index is -0.350. The Kier molecular flexibility index (Phi) is 5.71. The van der Waals surface area contributed by atoms with Crippen LogP contribution in [0.4, 0.5) is 0 Å². The van der Waals surface area contributed by atoms with Gasteiger partial charge in [0.1, 0.15) is 6.61 Å². The van der Waals surface area contributed by atoms with Crippen molar-refractivity contribution in [2.24, 2.45) is 5.73 Å². The summed E-state index contributed by atoms with van der Waals surface area (Å²) in [5.74, 6) is 0.884. The molecule has 0 saturated heterocycles. The summed E-state index contributed by atoms with van der Waals surface area (Å²) in [6.45, 7) is 1.72. The molecule has 19 heavy (non-hydrogen) atoms. The van der Waals surface area contributed by atoms with Gasteiger partial charge in [-0.3, -0.25) is 0 Å². The van der Waals surface area contributed by atoms with Crippen molar-refractivity contribution in [3.05, 3.63) is 11.7 Å². The van der Waals surface area contributed by atoms with Crippen molar-refractivity contribution in [1.82, 2.24) is 10.1 Å². The Morgan fingerprint density at radius 1 is 1.42 bits per heavy atom. The van der Waals surface area contributed by atoms with Gasteiger partial charge < -0.3 is 24.5 Å². The summed E-state index contributed by atoms with van der Waals surface area (Å²) in [5, 5.41) is 3.83. The van der Waals surface area contributed by atoms with E-state index in [1.165, 1.54) is 6.42 Å². The minimum absolute atomic E-state index is 0.270. The van der Waals surface area contributed by atoms with Crippen molar-refractivity contribution in [2.45, 2.75) is 38.0 Å². The minimum Gasteiger partial charge on any atom is -0.382 e. The van der Waals surface area contributed by atoms with E-state index in [2.05, 4.69) is 10.1 Å². The van der Waals surface area contributed by atoms with Crippen LogP contribution in [0.25, 0.3) is 0 Å². The number of ether oxygens (including phenoxy) is 3. The first-order valence-electron chi connectivity index (χ1n) is 6.56. The van der Waals surface area contributed by atoms with Crippen LogP contribution in [-0.2, 0) is 20.8 Å². The van der Waals surface area contributed by atoms with E-state index in [1.807, 2.05) is 0 Å². The molecular weight excluding hydrogens is 250 g/mol. The molecule has 2 N–H and O–H groups in total. The molecule has 108 valence electrons. The highest BCUT2D eigenvalue weighted by Crippen LogP contribution is 2.22. The molecule has 1 heterocycles. The molecule has 1 aliphatic carbocycles. The Balaban J connectivity index is 1.69. The van der Waals surface area contributed by atoms with Gasteiger partial charge in [0.15, 0.2) is 5.82 Å². The van der Waals surface area contributed by atoms with E-state index < -0.39 is 0 Å². The lowest BCUT2D eigenvalue weighted by Crippen LogP contribution is -2.27. The third-order valence-electron chi connectivity index (χ3n) is 3.04. The van der Waals surface area contributed by atoms with Gasteiger partial charge in [0.2, 0.25) is 0 Å². The molecule has 1 fully saturated rings. The van der Waals surface area contributed by atoms with Crippen LogP contribution in [0.2, 0.25) is 0 Å². The zero-order chi connectivity index (χ0) is 13.5. The summed E-state index contributed by atoms with van der Waals surface area (Å²) >= 11 is 0. The molecule has 1 aromatic rings. The summed E-state index contributed by atoms with van der Waals surface area (Å²) < 4.78 is 20.8.